The molecule has 1 heterocycles. The van der Waals surface area contributed by atoms with Gasteiger partial charge in [-0.1, -0.05) is 0 Å². The molecule has 1 aromatic carbocycles. The van der Waals surface area contributed by atoms with Gasteiger partial charge in [0.05, 0.1) is 24.6 Å². The first-order chi connectivity index (χ1) is 11.5. The molecule has 1 aromatic heterocycles. The summed E-state index contributed by atoms with van der Waals surface area (Å²) in [6.45, 7) is 1.74. The summed E-state index contributed by atoms with van der Waals surface area (Å²) in [5.41, 5.74) is -0.723. The third-order valence-electron chi connectivity index (χ3n) is 4.33. The molecule has 0 spiro atoms. The first-order valence-electron chi connectivity index (χ1n) is 7.77. The third kappa shape index (κ3) is 2.44. The summed E-state index contributed by atoms with van der Waals surface area (Å²) in [6.07, 6.45) is 4.00. The zero-order valence-electron chi connectivity index (χ0n) is 13.4. The molecule has 0 N–H and O–H groups in total. The summed E-state index contributed by atoms with van der Waals surface area (Å²) in [7, 11) is 1.21. The molecule has 128 valence electrons. The number of carbonyl (C=O) groups excluding carboxylic acids is 1. The van der Waals surface area contributed by atoms with Crippen LogP contribution in [0.15, 0.2) is 17.1 Å². The number of esters is 1. The minimum Gasteiger partial charge on any atom is -0.491 e. The lowest BCUT2D eigenvalue weighted by molar-refractivity contribution is 0.0523. The maximum absolute atomic E-state index is 14.1. The number of fused-ring (bicyclic) bond motifs is 1. The number of carbonyl (C=O) groups is 1. The van der Waals surface area contributed by atoms with E-state index in [1.807, 2.05) is 0 Å². The Labute approximate surface area is 136 Å². The summed E-state index contributed by atoms with van der Waals surface area (Å²) >= 11 is 0. The molecule has 1 saturated carbocycles. The van der Waals surface area contributed by atoms with Gasteiger partial charge in [0, 0.05) is 12.2 Å². The van der Waals surface area contributed by atoms with E-state index < -0.39 is 23.0 Å². The first-order valence-corrected chi connectivity index (χ1v) is 7.77. The lowest BCUT2D eigenvalue weighted by Gasteiger charge is -2.30. The zero-order valence-corrected chi connectivity index (χ0v) is 13.4. The predicted molar refractivity (Wildman–Crippen MR) is 83.5 cm³/mol. The van der Waals surface area contributed by atoms with Crippen molar-refractivity contribution < 1.29 is 23.0 Å². The fraction of sp³-hybridized carbons (Fsp3) is 0.412. The molecular weight excluding hydrogens is 320 g/mol. The van der Waals surface area contributed by atoms with E-state index in [0.29, 0.717) is 0 Å². The van der Waals surface area contributed by atoms with Crippen molar-refractivity contribution >= 4 is 16.9 Å². The molecule has 2 aromatic rings. The van der Waals surface area contributed by atoms with Crippen molar-refractivity contribution in [2.24, 2.45) is 0 Å². The second-order valence-corrected chi connectivity index (χ2v) is 5.69. The SMILES string of the molecule is CCOC(=O)c1cn(C2CCC2)c2c(OC)c(F)c(F)cc2c1=O. The van der Waals surface area contributed by atoms with Crippen LogP contribution in [0.3, 0.4) is 0 Å². The highest BCUT2D eigenvalue weighted by molar-refractivity contribution is 5.95. The molecule has 0 unspecified atom stereocenters. The molecule has 0 radical (unpaired) electrons. The standard InChI is InChI=1S/C17H17F2NO4/c1-3-24-17(22)11-8-20(9-5-4-6-9)14-10(15(11)21)7-12(18)13(19)16(14)23-2/h7-9H,3-6H2,1-2H3. The molecule has 1 fully saturated rings. The molecule has 3 rings (SSSR count). The van der Waals surface area contributed by atoms with Gasteiger partial charge in [-0.2, -0.15) is 4.39 Å². The third-order valence-corrected chi connectivity index (χ3v) is 4.33. The molecule has 0 atom stereocenters. The van der Waals surface area contributed by atoms with Crippen LogP contribution >= 0.6 is 0 Å². The number of benzene rings is 1. The lowest BCUT2D eigenvalue weighted by atomic mass is 9.92. The Balaban J connectivity index is 2.39. The number of rotatable bonds is 4. The van der Waals surface area contributed by atoms with Gasteiger partial charge in [-0.05, 0) is 32.3 Å². The number of nitrogens with zero attached hydrogens (tertiary/aromatic N) is 1. The number of hydrogen-bond donors (Lipinski definition) is 0. The van der Waals surface area contributed by atoms with Crippen molar-refractivity contribution in [3.8, 4) is 5.75 Å². The van der Waals surface area contributed by atoms with Gasteiger partial charge in [0.2, 0.25) is 11.2 Å². The molecule has 0 amide bonds. The van der Waals surface area contributed by atoms with Crippen molar-refractivity contribution in [3.63, 3.8) is 0 Å². The number of hydrogen-bond acceptors (Lipinski definition) is 4. The average Bonchev–Trinajstić information content (AvgIpc) is 2.50. The van der Waals surface area contributed by atoms with E-state index in [0.717, 1.165) is 25.3 Å². The van der Waals surface area contributed by atoms with Crippen LogP contribution in [-0.2, 0) is 4.74 Å². The molecule has 7 heteroatoms. The van der Waals surface area contributed by atoms with E-state index >= 15 is 0 Å². The van der Waals surface area contributed by atoms with Crippen LogP contribution in [0.4, 0.5) is 8.78 Å². The molecule has 0 saturated heterocycles. The van der Waals surface area contributed by atoms with Crippen LogP contribution in [0.25, 0.3) is 10.9 Å². The van der Waals surface area contributed by atoms with Gasteiger partial charge >= 0.3 is 5.97 Å². The molecule has 0 bridgehead atoms. The first kappa shape index (κ1) is 16.4. The largest absolute Gasteiger partial charge is 0.491 e. The summed E-state index contributed by atoms with van der Waals surface area (Å²) in [6, 6.07) is 0.813. The minimum absolute atomic E-state index is 0.0000350. The van der Waals surface area contributed by atoms with E-state index in [-0.39, 0.29) is 34.9 Å². The van der Waals surface area contributed by atoms with E-state index in [4.69, 9.17) is 9.47 Å². The van der Waals surface area contributed by atoms with E-state index in [1.165, 1.54) is 13.3 Å². The quantitative estimate of drug-likeness (QED) is 0.804. The average molecular weight is 337 g/mol. The number of pyridine rings is 1. The highest BCUT2D eigenvalue weighted by atomic mass is 19.2. The van der Waals surface area contributed by atoms with Gasteiger partial charge in [0.25, 0.3) is 0 Å². The predicted octanol–water partition coefficient (Wildman–Crippen LogP) is 3.19. The molecule has 1 aliphatic rings. The van der Waals surface area contributed by atoms with Crippen LogP contribution in [0.5, 0.6) is 5.75 Å². The van der Waals surface area contributed by atoms with Gasteiger partial charge in [0.1, 0.15) is 5.56 Å². The summed E-state index contributed by atoms with van der Waals surface area (Å²) in [5.74, 6) is -3.45. The van der Waals surface area contributed by atoms with Gasteiger partial charge in [-0.3, -0.25) is 4.79 Å². The monoisotopic (exact) mass is 337 g/mol. The van der Waals surface area contributed by atoms with Crippen LogP contribution in [-0.4, -0.2) is 24.3 Å². The van der Waals surface area contributed by atoms with E-state index in [9.17, 15) is 18.4 Å². The van der Waals surface area contributed by atoms with Crippen LogP contribution in [0.1, 0.15) is 42.6 Å². The van der Waals surface area contributed by atoms with Crippen molar-refractivity contribution in [2.75, 3.05) is 13.7 Å². The fourth-order valence-electron chi connectivity index (χ4n) is 2.92. The number of aromatic nitrogens is 1. The maximum atomic E-state index is 14.1. The maximum Gasteiger partial charge on any atom is 0.343 e. The van der Waals surface area contributed by atoms with E-state index in [2.05, 4.69) is 0 Å². The van der Waals surface area contributed by atoms with Gasteiger partial charge in [-0.15, -0.1) is 0 Å². The van der Waals surface area contributed by atoms with Crippen LogP contribution in [0.2, 0.25) is 0 Å². The van der Waals surface area contributed by atoms with Crippen molar-refractivity contribution in [2.45, 2.75) is 32.2 Å². The Kier molecular flexibility index (Phi) is 4.26. The lowest BCUT2D eigenvalue weighted by Crippen LogP contribution is -2.26. The number of halogens is 2. The fourth-order valence-corrected chi connectivity index (χ4v) is 2.92. The van der Waals surface area contributed by atoms with Gasteiger partial charge in [0.15, 0.2) is 11.6 Å². The Morgan fingerprint density at radius 3 is 2.62 bits per heavy atom. The van der Waals surface area contributed by atoms with Crippen molar-refractivity contribution in [1.82, 2.24) is 4.57 Å². The highest BCUT2D eigenvalue weighted by Gasteiger charge is 2.28. The Bertz CT molecular complexity index is 871. The number of ether oxygens (including phenoxy) is 2. The molecule has 1 aliphatic carbocycles. The van der Waals surface area contributed by atoms with Crippen LogP contribution < -0.4 is 10.2 Å². The smallest absolute Gasteiger partial charge is 0.343 e. The summed E-state index contributed by atoms with van der Waals surface area (Å²) < 4.78 is 39.5. The minimum atomic E-state index is -1.20. The topological polar surface area (TPSA) is 57.5 Å². The van der Waals surface area contributed by atoms with Crippen molar-refractivity contribution in [3.05, 3.63) is 39.7 Å². The normalized spacial score (nSPS) is 14.5. The molecule has 24 heavy (non-hydrogen) atoms. The Morgan fingerprint density at radius 1 is 1.38 bits per heavy atom. The highest BCUT2D eigenvalue weighted by Crippen LogP contribution is 2.38. The Hall–Kier alpha value is -2.44. The summed E-state index contributed by atoms with van der Waals surface area (Å²) in [5, 5.41) is -0.0943. The second kappa shape index (κ2) is 6.22. The van der Waals surface area contributed by atoms with Crippen LogP contribution in [0, 0.1) is 11.6 Å². The zero-order chi connectivity index (χ0) is 17.4. The Morgan fingerprint density at radius 2 is 2.08 bits per heavy atom. The van der Waals surface area contributed by atoms with Gasteiger partial charge in [-0.25, -0.2) is 9.18 Å². The second-order valence-electron chi connectivity index (χ2n) is 5.69. The van der Waals surface area contributed by atoms with E-state index in [1.54, 1.807) is 11.5 Å². The van der Waals surface area contributed by atoms with Gasteiger partial charge < -0.3 is 14.0 Å². The molecular formula is C17H17F2NO4. The summed E-state index contributed by atoms with van der Waals surface area (Å²) in [4.78, 5) is 24.7. The van der Waals surface area contributed by atoms with Crippen molar-refractivity contribution in [1.29, 1.82) is 0 Å². The molecule has 5 nitrogen and oxygen atoms in total. The molecule has 0 aliphatic heterocycles. The number of methoxy groups -OCH3 is 1.